The molecule has 0 radical (unpaired) electrons. The number of nitrogens with zero attached hydrogens (tertiary/aromatic N) is 2. The van der Waals surface area contributed by atoms with Crippen molar-refractivity contribution in [2.75, 3.05) is 12.4 Å². The van der Waals surface area contributed by atoms with Crippen LogP contribution in [0.25, 0.3) is 5.69 Å². The van der Waals surface area contributed by atoms with E-state index < -0.39 is 12.5 Å². The molecule has 34 heavy (non-hydrogen) atoms. The van der Waals surface area contributed by atoms with Crippen LogP contribution in [0.5, 0.6) is 11.5 Å². The fourth-order valence-electron chi connectivity index (χ4n) is 4.81. The van der Waals surface area contributed by atoms with E-state index >= 15 is 0 Å². The average Bonchev–Trinajstić information content (AvgIpc) is 3.14. The van der Waals surface area contributed by atoms with Crippen molar-refractivity contribution < 1.29 is 23.0 Å². The summed E-state index contributed by atoms with van der Waals surface area (Å²) in [7, 11) is 1.39. The Morgan fingerprint density at radius 1 is 1.18 bits per heavy atom. The number of fused-ring (bicyclic) bond motifs is 1. The Morgan fingerprint density at radius 2 is 2.00 bits per heavy atom. The number of carbonyl (C=O) groups is 1. The zero-order chi connectivity index (χ0) is 24.0. The van der Waals surface area contributed by atoms with Gasteiger partial charge in [-0.3, -0.25) is 4.79 Å². The van der Waals surface area contributed by atoms with Gasteiger partial charge >= 0.3 is 6.61 Å². The first-order valence-electron chi connectivity index (χ1n) is 10.9. The van der Waals surface area contributed by atoms with Gasteiger partial charge in [0.15, 0.2) is 17.3 Å². The van der Waals surface area contributed by atoms with Crippen LogP contribution in [0.15, 0.2) is 53.7 Å². The maximum atomic E-state index is 13.1. The molecule has 3 aromatic rings. The van der Waals surface area contributed by atoms with Gasteiger partial charge in [-0.1, -0.05) is 23.7 Å². The van der Waals surface area contributed by atoms with Crippen LogP contribution in [0, 0.1) is 6.92 Å². The summed E-state index contributed by atoms with van der Waals surface area (Å²) >= 11 is 6.23. The second-order valence-corrected chi connectivity index (χ2v) is 8.69. The highest BCUT2D eigenvalue weighted by Crippen LogP contribution is 2.48. The number of anilines is 1. The molecule has 6 nitrogen and oxygen atoms in total. The van der Waals surface area contributed by atoms with Crippen LogP contribution in [-0.4, -0.2) is 29.3 Å². The molecule has 9 heteroatoms. The molecule has 1 N–H and O–H groups in total. The van der Waals surface area contributed by atoms with Gasteiger partial charge in [0.05, 0.1) is 18.5 Å². The number of halogens is 3. The van der Waals surface area contributed by atoms with Crippen LogP contribution < -0.4 is 14.8 Å². The summed E-state index contributed by atoms with van der Waals surface area (Å²) in [6.07, 6.45) is 1.93. The first kappa shape index (κ1) is 22.4. The van der Waals surface area contributed by atoms with Crippen molar-refractivity contribution in [3.63, 3.8) is 0 Å². The quantitative estimate of drug-likeness (QED) is 0.479. The molecule has 176 valence electrons. The van der Waals surface area contributed by atoms with Crippen molar-refractivity contribution in [2.24, 2.45) is 0 Å². The Labute approximate surface area is 200 Å². The van der Waals surface area contributed by atoms with Crippen LogP contribution in [0.2, 0.25) is 5.02 Å². The zero-order valence-electron chi connectivity index (χ0n) is 18.6. The third-order valence-electron chi connectivity index (χ3n) is 6.20. The van der Waals surface area contributed by atoms with Crippen molar-refractivity contribution in [1.29, 1.82) is 0 Å². The fourth-order valence-corrected chi connectivity index (χ4v) is 4.99. The molecule has 1 atom stereocenters. The molecular formula is C25H22ClF2N3O3. The van der Waals surface area contributed by atoms with Crippen molar-refractivity contribution in [2.45, 2.75) is 38.7 Å². The number of allylic oxidation sites excluding steroid dienone is 2. The number of carbonyl (C=O) groups excluding carboxylic acids is 1. The molecule has 0 saturated heterocycles. The fraction of sp³-hybridized carbons (Fsp3) is 0.280. The zero-order valence-corrected chi connectivity index (χ0v) is 19.3. The minimum atomic E-state index is -2.97. The van der Waals surface area contributed by atoms with Gasteiger partial charge in [-0.05, 0) is 55.7 Å². The smallest absolute Gasteiger partial charge is 0.387 e. The number of rotatable bonds is 5. The highest BCUT2D eigenvalue weighted by molar-refractivity contribution is 6.30. The largest absolute Gasteiger partial charge is 0.493 e. The number of nitrogens with one attached hydrogen (secondary N) is 1. The normalized spacial score (nSPS) is 17.4. The minimum absolute atomic E-state index is 0.0613. The monoisotopic (exact) mass is 485 g/mol. The van der Waals surface area contributed by atoms with Crippen LogP contribution in [0.4, 0.5) is 14.6 Å². The van der Waals surface area contributed by atoms with Crippen LogP contribution in [-0.2, 0) is 4.79 Å². The minimum Gasteiger partial charge on any atom is -0.493 e. The summed E-state index contributed by atoms with van der Waals surface area (Å²) < 4.78 is 37.4. The lowest BCUT2D eigenvalue weighted by molar-refractivity contribution is -0.116. The van der Waals surface area contributed by atoms with Crippen molar-refractivity contribution in [1.82, 2.24) is 9.78 Å². The van der Waals surface area contributed by atoms with Gasteiger partial charge in [0, 0.05) is 34.2 Å². The van der Waals surface area contributed by atoms with E-state index in [-0.39, 0.29) is 17.3 Å². The highest BCUT2D eigenvalue weighted by atomic mass is 35.5. The number of benzene rings is 2. The van der Waals surface area contributed by atoms with Gasteiger partial charge < -0.3 is 14.8 Å². The predicted molar refractivity (Wildman–Crippen MR) is 124 cm³/mol. The van der Waals surface area contributed by atoms with E-state index in [0.717, 1.165) is 46.9 Å². The molecule has 2 aromatic carbocycles. The summed E-state index contributed by atoms with van der Waals surface area (Å²) in [6.45, 7) is -1.09. The van der Waals surface area contributed by atoms with Gasteiger partial charge in [-0.15, -0.1) is 0 Å². The summed E-state index contributed by atoms with van der Waals surface area (Å²) in [6, 6.07) is 12.2. The number of aryl methyl sites for hydroxylation is 1. The maximum Gasteiger partial charge on any atom is 0.387 e. The Bertz CT molecular complexity index is 1320. The molecule has 1 aliphatic carbocycles. The molecule has 0 spiro atoms. The number of alkyl halides is 2. The van der Waals surface area contributed by atoms with Crippen molar-refractivity contribution >= 4 is 23.2 Å². The maximum absolute atomic E-state index is 13.1. The number of methoxy groups -OCH3 is 1. The molecule has 1 aromatic heterocycles. The van der Waals surface area contributed by atoms with Crippen molar-refractivity contribution in [3.05, 3.63) is 75.6 Å². The van der Waals surface area contributed by atoms with Gasteiger partial charge in [0.1, 0.15) is 5.82 Å². The van der Waals surface area contributed by atoms with E-state index in [9.17, 15) is 13.6 Å². The second-order valence-electron chi connectivity index (χ2n) is 8.26. The lowest BCUT2D eigenvalue weighted by Gasteiger charge is -2.33. The third-order valence-corrected chi connectivity index (χ3v) is 6.43. The van der Waals surface area contributed by atoms with E-state index in [4.69, 9.17) is 21.4 Å². The van der Waals surface area contributed by atoms with Gasteiger partial charge in [0.2, 0.25) is 0 Å². The van der Waals surface area contributed by atoms with Crippen LogP contribution in [0.3, 0.4) is 0 Å². The van der Waals surface area contributed by atoms with Crippen LogP contribution >= 0.6 is 11.6 Å². The topological polar surface area (TPSA) is 65.4 Å². The molecule has 0 fully saturated rings. The second kappa shape index (κ2) is 8.76. The third kappa shape index (κ3) is 3.81. The number of Topliss-reactive ketones (excluding diaryl/α,β-unsaturated/α-hetero) is 1. The Morgan fingerprint density at radius 3 is 2.74 bits per heavy atom. The lowest BCUT2D eigenvalue weighted by atomic mass is 9.76. The summed E-state index contributed by atoms with van der Waals surface area (Å²) in [4.78, 5) is 13.1. The van der Waals surface area contributed by atoms with E-state index in [1.165, 1.54) is 13.2 Å². The number of hydrogen-bond donors (Lipinski definition) is 1. The molecule has 5 rings (SSSR count). The molecule has 2 heterocycles. The molecule has 0 unspecified atom stereocenters. The standard InChI is InChI=1S/C25H22ClF2N3O3/c1-13-21-22(14-9-10-19(34-25(27)28)20(11-14)33-2)23-17(7-4-8-18(23)32)29-24(21)31(30-13)16-6-3-5-15(26)12-16/h3,5-6,9-12,22,25,29H,4,7-8H2,1-2H3/t22-/m0/s1. The molecule has 2 aliphatic rings. The molecule has 0 saturated carbocycles. The Hall–Kier alpha value is -3.39. The van der Waals surface area contributed by atoms with E-state index in [2.05, 4.69) is 10.1 Å². The van der Waals surface area contributed by atoms with Crippen molar-refractivity contribution in [3.8, 4) is 17.2 Å². The summed E-state index contributed by atoms with van der Waals surface area (Å²) in [5.74, 6) is 0.492. The van der Waals surface area contributed by atoms with Gasteiger partial charge in [-0.25, -0.2) is 4.68 Å². The highest BCUT2D eigenvalue weighted by Gasteiger charge is 2.39. The SMILES string of the molecule is COc1cc([C@@H]2C3=C(CCCC3=O)Nc3c2c(C)nn3-c2cccc(Cl)c2)ccc1OC(F)F. The number of aromatic nitrogens is 2. The Kier molecular flexibility index (Phi) is 5.77. The summed E-state index contributed by atoms with van der Waals surface area (Å²) in [5, 5.41) is 8.81. The number of ketones is 1. The number of ether oxygens (including phenoxy) is 2. The average molecular weight is 486 g/mol. The molecular weight excluding hydrogens is 464 g/mol. The van der Waals surface area contributed by atoms with E-state index in [1.54, 1.807) is 22.9 Å². The number of hydrogen-bond acceptors (Lipinski definition) is 5. The molecule has 1 aliphatic heterocycles. The Balaban J connectivity index is 1.71. The first-order valence-corrected chi connectivity index (χ1v) is 11.3. The van der Waals surface area contributed by atoms with Gasteiger partial charge in [0.25, 0.3) is 0 Å². The van der Waals surface area contributed by atoms with Crippen LogP contribution in [0.1, 0.15) is 42.0 Å². The summed E-state index contributed by atoms with van der Waals surface area (Å²) in [5.41, 5.74) is 4.63. The predicted octanol–water partition coefficient (Wildman–Crippen LogP) is 6.01. The molecule has 0 amide bonds. The van der Waals surface area contributed by atoms with Gasteiger partial charge in [-0.2, -0.15) is 13.9 Å². The van der Waals surface area contributed by atoms with E-state index in [0.29, 0.717) is 17.0 Å². The molecule has 0 bridgehead atoms. The lowest BCUT2D eigenvalue weighted by Crippen LogP contribution is -2.27. The van der Waals surface area contributed by atoms with E-state index in [1.807, 2.05) is 25.1 Å². The first-order chi connectivity index (χ1) is 16.4.